The number of fused-ring (bicyclic) bond motifs is 1. The predicted molar refractivity (Wildman–Crippen MR) is 113 cm³/mol. The van der Waals surface area contributed by atoms with Crippen molar-refractivity contribution >= 4 is 46.5 Å². The molecule has 0 fully saturated rings. The Morgan fingerprint density at radius 1 is 1.12 bits per heavy atom. The third-order valence-electron chi connectivity index (χ3n) is 4.00. The minimum atomic E-state index is 0. The zero-order valence-electron chi connectivity index (χ0n) is 14.0. The summed E-state index contributed by atoms with van der Waals surface area (Å²) < 4.78 is 0. The summed E-state index contributed by atoms with van der Waals surface area (Å²) in [6, 6.07) is 14.4. The van der Waals surface area contributed by atoms with Crippen molar-refractivity contribution in [2.45, 2.75) is 20.3 Å². The fourth-order valence-corrected chi connectivity index (χ4v) is 2.69. The van der Waals surface area contributed by atoms with Crippen LogP contribution in [-0.4, -0.2) is 17.5 Å². The number of guanidine groups is 1. The molecule has 0 unspecified atom stereocenters. The number of para-hydroxylation sites is 1. The summed E-state index contributed by atoms with van der Waals surface area (Å²) in [4.78, 5) is 7.76. The average Bonchev–Trinajstić information content (AvgIpc) is 2.94. The van der Waals surface area contributed by atoms with Crippen molar-refractivity contribution < 1.29 is 0 Å². The molecule has 0 atom stereocenters. The molecular weight excluding hydrogens is 411 g/mol. The molecule has 0 saturated carbocycles. The first-order valence-electron chi connectivity index (χ1n) is 7.82. The van der Waals surface area contributed by atoms with E-state index in [1.165, 1.54) is 27.6 Å². The van der Waals surface area contributed by atoms with Gasteiger partial charge in [0.2, 0.25) is 0 Å². The van der Waals surface area contributed by atoms with Gasteiger partial charge in [-0.3, -0.25) is 4.99 Å². The number of rotatable bonds is 4. The molecule has 4 nitrogen and oxygen atoms in total. The van der Waals surface area contributed by atoms with Crippen molar-refractivity contribution in [1.29, 1.82) is 0 Å². The molecule has 0 bridgehead atoms. The lowest BCUT2D eigenvalue weighted by Gasteiger charge is -2.06. The zero-order valence-corrected chi connectivity index (χ0v) is 16.3. The van der Waals surface area contributed by atoms with Crippen molar-refractivity contribution in [2.75, 3.05) is 11.9 Å². The van der Waals surface area contributed by atoms with Crippen molar-refractivity contribution in [3.63, 3.8) is 0 Å². The molecule has 1 aromatic heterocycles. The number of nitrogens with one attached hydrogen (secondary N) is 2. The van der Waals surface area contributed by atoms with Gasteiger partial charge < -0.3 is 16.0 Å². The summed E-state index contributed by atoms with van der Waals surface area (Å²) in [7, 11) is 0. The number of nitrogens with zero attached hydrogens (tertiary/aromatic N) is 1. The largest absolute Gasteiger partial charge is 0.370 e. The first kappa shape index (κ1) is 18.3. The maximum Gasteiger partial charge on any atom is 0.193 e. The number of H-pyrrole nitrogens is 1. The van der Waals surface area contributed by atoms with Gasteiger partial charge in [-0.1, -0.05) is 35.9 Å². The van der Waals surface area contributed by atoms with E-state index in [0.29, 0.717) is 12.5 Å². The van der Waals surface area contributed by atoms with E-state index in [1.807, 2.05) is 24.3 Å². The van der Waals surface area contributed by atoms with Gasteiger partial charge in [0, 0.05) is 29.3 Å². The van der Waals surface area contributed by atoms with E-state index in [-0.39, 0.29) is 24.0 Å². The van der Waals surface area contributed by atoms with E-state index in [0.717, 1.165) is 12.1 Å². The number of aliphatic imine (C=N–C) groups is 1. The summed E-state index contributed by atoms with van der Waals surface area (Å²) in [6.45, 7) is 4.83. The molecule has 0 amide bonds. The molecule has 4 N–H and O–H groups in total. The van der Waals surface area contributed by atoms with Crippen LogP contribution in [0.15, 0.2) is 53.7 Å². The van der Waals surface area contributed by atoms with E-state index >= 15 is 0 Å². The quantitative estimate of drug-likeness (QED) is 0.324. The van der Waals surface area contributed by atoms with Gasteiger partial charge in [-0.15, -0.1) is 24.0 Å². The number of nitrogens with two attached hydrogens (primary N) is 1. The Labute approximate surface area is 159 Å². The third-order valence-corrected chi connectivity index (χ3v) is 4.00. The van der Waals surface area contributed by atoms with E-state index < -0.39 is 0 Å². The van der Waals surface area contributed by atoms with Gasteiger partial charge >= 0.3 is 0 Å². The van der Waals surface area contributed by atoms with Crippen LogP contribution in [0.5, 0.6) is 0 Å². The Morgan fingerprint density at radius 3 is 2.62 bits per heavy atom. The van der Waals surface area contributed by atoms with Crippen LogP contribution < -0.4 is 11.1 Å². The molecule has 0 aliphatic heterocycles. The van der Waals surface area contributed by atoms with Gasteiger partial charge in [0.1, 0.15) is 0 Å². The minimum Gasteiger partial charge on any atom is -0.370 e. The Kier molecular flexibility index (Phi) is 6.25. The Balaban J connectivity index is 0.00000208. The van der Waals surface area contributed by atoms with Crippen molar-refractivity contribution in [1.82, 2.24) is 4.98 Å². The van der Waals surface area contributed by atoms with Gasteiger partial charge in [-0.05, 0) is 43.5 Å². The molecule has 0 spiro atoms. The minimum absolute atomic E-state index is 0. The average molecular weight is 434 g/mol. The Bertz CT molecular complexity index is 834. The first-order valence-corrected chi connectivity index (χ1v) is 7.82. The van der Waals surface area contributed by atoms with E-state index in [2.05, 4.69) is 53.5 Å². The number of hydrogen-bond donors (Lipinski definition) is 3. The number of aromatic nitrogens is 1. The van der Waals surface area contributed by atoms with Crippen molar-refractivity contribution in [2.24, 2.45) is 10.7 Å². The summed E-state index contributed by atoms with van der Waals surface area (Å²) in [5, 5.41) is 4.38. The number of aromatic amines is 1. The highest BCUT2D eigenvalue weighted by atomic mass is 127. The maximum atomic E-state index is 5.95. The smallest absolute Gasteiger partial charge is 0.193 e. The Hall–Kier alpha value is -2.02. The highest BCUT2D eigenvalue weighted by molar-refractivity contribution is 14.0. The molecule has 3 rings (SSSR count). The number of benzene rings is 2. The van der Waals surface area contributed by atoms with Crippen LogP contribution in [0, 0.1) is 13.8 Å². The summed E-state index contributed by atoms with van der Waals surface area (Å²) >= 11 is 0. The number of aryl methyl sites for hydroxylation is 2. The summed E-state index contributed by atoms with van der Waals surface area (Å²) in [5.41, 5.74) is 11.9. The number of hydrogen-bond acceptors (Lipinski definition) is 1. The van der Waals surface area contributed by atoms with Crippen LogP contribution >= 0.6 is 24.0 Å². The van der Waals surface area contributed by atoms with Crippen LogP contribution in [0.3, 0.4) is 0 Å². The highest BCUT2D eigenvalue weighted by Gasteiger charge is 2.04. The molecule has 0 radical (unpaired) electrons. The van der Waals surface area contributed by atoms with Gasteiger partial charge in [-0.25, -0.2) is 0 Å². The van der Waals surface area contributed by atoms with Crippen LogP contribution in [0.1, 0.15) is 16.7 Å². The number of anilines is 1. The van der Waals surface area contributed by atoms with Crippen molar-refractivity contribution in [3.05, 3.63) is 65.4 Å². The lowest BCUT2D eigenvalue weighted by atomic mass is 10.1. The monoisotopic (exact) mass is 434 g/mol. The van der Waals surface area contributed by atoms with Gasteiger partial charge in [0.15, 0.2) is 5.96 Å². The van der Waals surface area contributed by atoms with Gasteiger partial charge in [0.25, 0.3) is 0 Å². The van der Waals surface area contributed by atoms with Crippen LogP contribution in [-0.2, 0) is 6.42 Å². The van der Waals surface area contributed by atoms with Crippen molar-refractivity contribution in [3.8, 4) is 0 Å². The second-order valence-electron chi connectivity index (χ2n) is 5.82. The lowest BCUT2D eigenvalue weighted by Crippen LogP contribution is -2.23. The standard InChI is InChI=1S/C19H22N4.HI/c1-13-6-8-16(9-7-13)23-19(20)21-11-10-15-12-22-18-14(2)4-3-5-17(15)18;/h3-9,12,22H,10-11H2,1-2H3,(H3,20,21,23);1H. The molecule has 3 aromatic rings. The fourth-order valence-electron chi connectivity index (χ4n) is 2.69. The highest BCUT2D eigenvalue weighted by Crippen LogP contribution is 2.21. The zero-order chi connectivity index (χ0) is 16.2. The SMILES string of the molecule is Cc1ccc(NC(N)=NCCc2c[nH]c3c(C)cccc23)cc1.I. The van der Waals surface area contributed by atoms with Crippen LogP contribution in [0.25, 0.3) is 10.9 Å². The topological polar surface area (TPSA) is 66.2 Å². The summed E-state index contributed by atoms with van der Waals surface area (Å²) in [5.74, 6) is 0.449. The fraction of sp³-hybridized carbons (Fsp3) is 0.211. The molecule has 1 heterocycles. The first-order chi connectivity index (χ1) is 11.1. The van der Waals surface area contributed by atoms with Crippen LogP contribution in [0.2, 0.25) is 0 Å². The van der Waals surface area contributed by atoms with E-state index in [4.69, 9.17) is 5.73 Å². The van der Waals surface area contributed by atoms with E-state index in [1.54, 1.807) is 0 Å². The second-order valence-corrected chi connectivity index (χ2v) is 5.82. The molecule has 2 aromatic carbocycles. The van der Waals surface area contributed by atoms with Gasteiger partial charge in [-0.2, -0.15) is 0 Å². The van der Waals surface area contributed by atoms with E-state index in [9.17, 15) is 0 Å². The lowest BCUT2D eigenvalue weighted by molar-refractivity contribution is 0.972. The molecular formula is C19H23IN4. The molecule has 0 saturated heterocycles. The normalized spacial score (nSPS) is 11.3. The Morgan fingerprint density at radius 2 is 1.88 bits per heavy atom. The maximum absolute atomic E-state index is 5.95. The molecule has 0 aliphatic carbocycles. The van der Waals surface area contributed by atoms with Gasteiger partial charge in [0.05, 0.1) is 0 Å². The number of halogens is 1. The molecule has 126 valence electrons. The molecule has 0 aliphatic rings. The second kappa shape index (κ2) is 8.19. The third kappa shape index (κ3) is 4.29. The predicted octanol–water partition coefficient (Wildman–Crippen LogP) is 4.37. The summed E-state index contributed by atoms with van der Waals surface area (Å²) in [6.07, 6.45) is 2.93. The molecule has 5 heteroatoms. The molecule has 24 heavy (non-hydrogen) atoms. The van der Waals surface area contributed by atoms with Crippen LogP contribution in [0.4, 0.5) is 5.69 Å².